The topological polar surface area (TPSA) is 28.4 Å². The van der Waals surface area contributed by atoms with Crippen LogP contribution in [-0.2, 0) is 6.54 Å². The van der Waals surface area contributed by atoms with Crippen molar-refractivity contribution in [3.05, 3.63) is 24.2 Å². The van der Waals surface area contributed by atoms with Crippen LogP contribution in [0.1, 0.15) is 26.3 Å². The molecule has 1 aromatic rings. The van der Waals surface area contributed by atoms with E-state index >= 15 is 0 Å². The van der Waals surface area contributed by atoms with Crippen LogP contribution in [0, 0.1) is 0 Å². The summed E-state index contributed by atoms with van der Waals surface area (Å²) in [4.78, 5) is 2.42. The second-order valence-corrected chi connectivity index (χ2v) is 3.90. The van der Waals surface area contributed by atoms with Gasteiger partial charge in [0.2, 0.25) is 0 Å². The molecule has 0 saturated heterocycles. The molecular weight excluding hydrogens is 188 g/mol. The van der Waals surface area contributed by atoms with E-state index in [4.69, 9.17) is 4.42 Å². The van der Waals surface area contributed by atoms with Gasteiger partial charge in [0.05, 0.1) is 12.5 Å². The van der Waals surface area contributed by atoms with Gasteiger partial charge in [-0.05, 0) is 26.1 Å². The van der Waals surface area contributed by atoms with Crippen molar-refractivity contribution in [3.8, 4) is 0 Å². The van der Waals surface area contributed by atoms with Crippen molar-refractivity contribution in [1.29, 1.82) is 0 Å². The van der Waals surface area contributed by atoms with Crippen LogP contribution in [-0.4, -0.2) is 30.6 Å². The summed E-state index contributed by atoms with van der Waals surface area (Å²) in [6, 6.07) is 2.51. The number of nitrogens with zero attached hydrogens (tertiary/aromatic N) is 1. The van der Waals surface area contributed by atoms with Gasteiger partial charge in [0.15, 0.2) is 0 Å². The highest BCUT2D eigenvalue weighted by Gasteiger charge is 2.06. The molecule has 0 aliphatic heterocycles. The first-order valence-electron chi connectivity index (χ1n) is 5.73. The van der Waals surface area contributed by atoms with Crippen LogP contribution < -0.4 is 5.32 Å². The quantitative estimate of drug-likeness (QED) is 0.747. The molecule has 1 N–H and O–H groups in total. The molecule has 0 aliphatic carbocycles. The van der Waals surface area contributed by atoms with Crippen LogP contribution in [0.5, 0.6) is 0 Å². The highest BCUT2D eigenvalue weighted by molar-refractivity contribution is 5.04. The minimum Gasteiger partial charge on any atom is -0.472 e. The van der Waals surface area contributed by atoms with Gasteiger partial charge in [-0.25, -0.2) is 0 Å². The molecular formula is C12H22N2O. The Hall–Kier alpha value is -0.800. The molecule has 15 heavy (non-hydrogen) atoms. The SMILES string of the molecule is CCN(CC)CC(C)NCc1ccoc1. The molecule has 0 aliphatic rings. The zero-order valence-corrected chi connectivity index (χ0v) is 9.99. The Labute approximate surface area is 92.5 Å². The van der Waals surface area contributed by atoms with Gasteiger partial charge in [-0.3, -0.25) is 0 Å². The minimum atomic E-state index is 0.514. The molecule has 3 nitrogen and oxygen atoms in total. The first-order valence-corrected chi connectivity index (χ1v) is 5.73. The Morgan fingerprint density at radius 3 is 2.67 bits per heavy atom. The number of hydrogen-bond acceptors (Lipinski definition) is 3. The Morgan fingerprint density at radius 2 is 2.13 bits per heavy atom. The first-order chi connectivity index (χ1) is 7.26. The van der Waals surface area contributed by atoms with Gasteiger partial charge in [-0.15, -0.1) is 0 Å². The van der Waals surface area contributed by atoms with Crippen LogP contribution in [0.4, 0.5) is 0 Å². The highest BCUT2D eigenvalue weighted by atomic mass is 16.3. The summed E-state index contributed by atoms with van der Waals surface area (Å²) in [6.45, 7) is 10.9. The predicted octanol–water partition coefficient (Wildman–Crippen LogP) is 2.10. The van der Waals surface area contributed by atoms with Crippen LogP contribution in [0.3, 0.4) is 0 Å². The average molecular weight is 210 g/mol. The monoisotopic (exact) mass is 210 g/mol. The lowest BCUT2D eigenvalue weighted by atomic mass is 10.2. The zero-order valence-electron chi connectivity index (χ0n) is 9.99. The van der Waals surface area contributed by atoms with E-state index in [2.05, 4.69) is 31.0 Å². The second-order valence-electron chi connectivity index (χ2n) is 3.90. The molecule has 86 valence electrons. The fourth-order valence-electron chi connectivity index (χ4n) is 1.62. The van der Waals surface area contributed by atoms with E-state index in [1.165, 1.54) is 5.56 Å². The van der Waals surface area contributed by atoms with Crippen molar-refractivity contribution in [2.75, 3.05) is 19.6 Å². The van der Waals surface area contributed by atoms with Crippen molar-refractivity contribution in [2.45, 2.75) is 33.4 Å². The van der Waals surface area contributed by atoms with Crippen molar-refractivity contribution in [1.82, 2.24) is 10.2 Å². The van der Waals surface area contributed by atoms with Gasteiger partial charge >= 0.3 is 0 Å². The van der Waals surface area contributed by atoms with Gasteiger partial charge in [-0.2, -0.15) is 0 Å². The van der Waals surface area contributed by atoms with Gasteiger partial charge < -0.3 is 14.6 Å². The Kier molecular flexibility index (Phi) is 5.43. The minimum absolute atomic E-state index is 0.514. The lowest BCUT2D eigenvalue weighted by Crippen LogP contribution is -2.38. The van der Waals surface area contributed by atoms with Crippen molar-refractivity contribution < 1.29 is 4.42 Å². The van der Waals surface area contributed by atoms with Crippen molar-refractivity contribution in [3.63, 3.8) is 0 Å². The summed E-state index contributed by atoms with van der Waals surface area (Å²) in [6.07, 6.45) is 3.50. The number of likely N-dealkylation sites (N-methyl/N-ethyl adjacent to an activating group) is 1. The van der Waals surface area contributed by atoms with E-state index in [0.29, 0.717) is 6.04 Å². The molecule has 1 unspecified atom stereocenters. The van der Waals surface area contributed by atoms with Crippen LogP contribution in [0.2, 0.25) is 0 Å². The normalized spacial score (nSPS) is 13.3. The molecule has 0 fully saturated rings. The van der Waals surface area contributed by atoms with Crippen LogP contribution in [0.25, 0.3) is 0 Å². The third kappa shape index (κ3) is 4.49. The van der Waals surface area contributed by atoms with E-state index in [0.717, 1.165) is 26.2 Å². The largest absolute Gasteiger partial charge is 0.472 e. The summed E-state index contributed by atoms with van der Waals surface area (Å²) in [5.74, 6) is 0. The number of nitrogens with one attached hydrogen (secondary N) is 1. The maximum atomic E-state index is 5.02. The molecule has 0 saturated carbocycles. The summed E-state index contributed by atoms with van der Waals surface area (Å²) >= 11 is 0. The number of hydrogen-bond donors (Lipinski definition) is 1. The zero-order chi connectivity index (χ0) is 11.1. The second kappa shape index (κ2) is 6.64. The molecule has 0 amide bonds. The smallest absolute Gasteiger partial charge is 0.0947 e. The summed E-state index contributed by atoms with van der Waals surface area (Å²) in [5.41, 5.74) is 1.21. The van der Waals surface area contributed by atoms with Crippen molar-refractivity contribution >= 4 is 0 Å². The van der Waals surface area contributed by atoms with E-state index in [9.17, 15) is 0 Å². The molecule has 1 heterocycles. The van der Waals surface area contributed by atoms with E-state index in [1.807, 2.05) is 6.07 Å². The van der Waals surface area contributed by atoms with Crippen LogP contribution >= 0.6 is 0 Å². The summed E-state index contributed by atoms with van der Waals surface area (Å²) in [7, 11) is 0. The molecule has 1 rings (SSSR count). The third-order valence-electron chi connectivity index (χ3n) is 2.66. The third-order valence-corrected chi connectivity index (χ3v) is 2.66. The fraction of sp³-hybridized carbons (Fsp3) is 0.667. The molecule has 0 bridgehead atoms. The van der Waals surface area contributed by atoms with Gasteiger partial charge in [0.25, 0.3) is 0 Å². The predicted molar refractivity (Wildman–Crippen MR) is 62.8 cm³/mol. The van der Waals surface area contributed by atoms with E-state index in [-0.39, 0.29) is 0 Å². The maximum absolute atomic E-state index is 5.02. The van der Waals surface area contributed by atoms with Gasteiger partial charge in [0.1, 0.15) is 0 Å². The maximum Gasteiger partial charge on any atom is 0.0947 e. The molecule has 0 spiro atoms. The Bertz CT molecular complexity index is 242. The number of rotatable bonds is 7. The molecule has 0 radical (unpaired) electrons. The van der Waals surface area contributed by atoms with Crippen LogP contribution in [0.15, 0.2) is 23.0 Å². The lowest BCUT2D eigenvalue weighted by Gasteiger charge is -2.23. The first kappa shape index (κ1) is 12.3. The van der Waals surface area contributed by atoms with Crippen molar-refractivity contribution in [2.24, 2.45) is 0 Å². The molecule has 0 aromatic carbocycles. The molecule has 1 atom stereocenters. The van der Waals surface area contributed by atoms with E-state index in [1.54, 1.807) is 12.5 Å². The van der Waals surface area contributed by atoms with Gasteiger partial charge in [-0.1, -0.05) is 13.8 Å². The fourth-order valence-corrected chi connectivity index (χ4v) is 1.62. The Balaban J connectivity index is 2.21. The lowest BCUT2D eigenvalue weighted by molar-refractivity contribution is 0.270. The average Bonchev–Trinajstić information content (AvgIpc) is 2.75. The summed E-state index contributed by atoms with van der Waals surface area (Å²) in [5, 5.41) is 3.48. The highest BCUT2D eigenvalue weighted by Crippen LogP contribution is 2.00. The molecule has 1 aromatic heterocycles. The standard InChI is InChI=1S/C12H22N2O/c1-4-14(5-2)9-11(3)13-8-12-6-7-15-10-12/h6-7,10-11,13H,4-5,8-9H2,1-3H3. The Morgan fingerprint density at radius 1 is 1.40 bits per heavy atom. The number of furan rings is 1. The summed E-state index contributed by atoms with van der Waals surface area (Å²) < 4.78 is 5.02. The van der Waals surface area contributed by atoms with Gasteiger partial charge in [0, 0.05) is 24.7 Å². The van der Waals surface area contributed by atoms with E-state index < -0.39 is 0 Å². The molecule has 3 heteroatoms.